The average Bonchev–Trinajstić information content (AvgIpc) is 2.98. The number of nitrogens with zero attached hydrogens (tertiary/aromatic N) is 1. The van der Waals surface area contributed by atoms with Crippen LogP contribution < -0.4 is 15.0 Å². The smallest absolute Gasteiger partial charge is 0.407 e. The number of alkyl carbamates (subject to hydrolysis) is 1. The fraction of sp³-hybridized carbons (Fsp3) is 0.182. The van der Waals surface area contributed by atoms with E-state index < -0.39 is 6.09 Å². The summed E-state index contributed by atoms with van der Waals surface area (Å²) >= 11 is 0. The molecule has 0 fully saturated rings. The number of carbonyl (C=O) groups excluding carboxylic acids is 1. The molecule has 2 atom stereocenters. The van der Waals surface area contributed by atoms with E-state index in [1.54, 1.807) is 7.11 Å². The van der Waals surface area contributed by atoms with E-state index in [2.05, 4.69) is 70.9 Å². The second-order valence-corrected chi connectivity index (χ2v) is 9.67. The van der Waals surface area contributed by atoms with Crippen molar-refractivity contribution in [2.45, 2.75) is 31.5 Å². The maximum atomic E-state index is 13.0. The van der Waals surface area contributed by atoms with Crippen molar-refractivity contribution in [2.24, 2.45) is 0 Å². The van der Waals surface area contributed by atoms with Crippen LogP contribution in [-0.4, -0.2) is 13.2 Å². The zero-order valence-corrected chi connectivity index (χ0v) is 21.3. The van der Waals surface area contributed by atoms with Crippen molar-refractivity contribution in [1.29, 1.82) is 0 Å². The topological polar surface area (TPSA) is 50.8 Å². The molecule has 0 bridgehead atoms. The van der Waals surface area contributed by atoms with Crippen molar-refractivity contribution in [1.82, 2.24) is 5.32 Å². The number of para-hydroxylation sites is 1. The molecule has 0 unspecified atom stereocenters. The number of rotatable bonds is 6. The molecule has 38 heavy (non-hydrogen) atoms. The number of hydrogen-bond donors (Lipinski definition) is 1. The van der Waals surface area contributed by atoms with E-state index in [9.17, 15) is 4.79 Å². The summed E-state index contributed by atoms with van der Waals surface area (Å²) in [5.74, 6) is 0.822. The minimum absolute atomic E-state index is 0.0146. The summed E-state index contributed by atoms with van der Waals surface area (Å²) in [6.45, 7) is 0.237. The third kappa shape index (κ3) is 4.63. The summed E-state index contributed by atoms with van der Waals surface area (Å²) in [5, 5.41) is 3.19. The number of methoxy groups -OCH3 is 1. The highest BCUT2D eigenvalue weighted by Crippen LogP contribution is 2.51. The van der Waals surface area contributed by atoms with Gasteiger partial charge in [0.05, 0.1) is 24.9 Å². The Labute approximate surface area is 223 Å². The minimum atomic E-state index is -0.409. The van der Waals surface area contributed by atoms with Gasteiger partial charge in [0.1, 0.15) is 12.4 Å². The first-order chi connectivity index (χ1) is 18.7. The Morgan fingerprint density at radius 3 is 2.37 bits per heavy atom. The summed E-state index contributed by atoms with van der Waals surface area (Å²) in [4.78, 5) is 15.4. The van der Waals surface area contributed by atoms with E-state index in [4.69, 9.17) is 9.47 Å². The molecule has 4 aromatic rings. The van der Waals surface area contributed by atoms with Crippen molar-refractivity contribution < 1.29 is 14.3 Å². The summed E-state index contributed by atoms with van der Waals surface area (Å²) < 4.78 is 11.0. The molecule has 0 saturated carbocycles. The monoisotopic (exact) mass is 502 g/mol. The molecule has 0 aromatic heterocycles. The van der Waals surface area contributed by atoms with Gasteiger partial charge in [-0.15, -0.1) is 0 Å². The lowest BCUT2D eigenvalue weighted by Gasteiger charge is -2.46. The SMILES string of the molecule is COc1ccc([C@@H]2C[C@H](NC(=O)OCc3ccccc3)c3cccc4c3N2C(c2ccccc2)=CC4)cc1. The second-order valence-electron chi connectivity index (χ2n) is 9.67. The van der Waals surface area contributed by atoms with Gasteiger partial charge in [-0.2, -0.15) is 0 Å². The molecular weight excluding hydrogens is 472 g/mol. The Balaban J connectivity index is 1.37. The second kappa shape index (κ2) is 10.5. The molecule has 5 nitrogen and oxygen atoms in total. The Hall–Kier alpha value is -4.51. The highest BCUT2D eigenvalue weighted by Gasteiger charge is 2.39. The van der Waals surface area contributed by atoms with Crippen LogP contribution in [0.3, 0.4) is 0 Å². The molecule has 4 aromatic carbocycles. The molecule has 190 valence electrons. The number of ether oxygens (including phenoxy) is 2. The van der Waals surface area contributed by atoms with Gasteiger partial charge in [0.2, 0.25) is 0 Å². The molecule has 2 aliphatic heterocycles. The van der Waals surface area contributed by atoms with E-state index in [0.717, 1.165) is 23.3 Å². The van der Waals surface area contributed by atoms with Crippen LogP contribution in [0.15, 0.2) is 109 Å². The van der Waals surface area contributed by atoms with Crippen molar-refractivity contribution in [3.05, 3.63) is 137 Å². The van der Waals surface area contributed by atoms with Gasteiger partial charge in [-0.3, -0.25) is 0 Å². The molecule has 5 heteroatoms. The van der Waals surface area contributed by atoms with E-state index in [1.807, 2.05) is 48.5 Å². The maximum Gasteiger partial charge on any atom is 0.407 e. The largest absolute Gasteiger partial charge is 0.497 e. The quantitative estimate of drug-likeness (QED) is 0.303. The standard InChI is InChI=1S/C33H30N2O3/c1-37-27-18-15-25(16-19-27)31-21-29(34-33(36)38-22-23-9-4-2-5-10-23)28-14-8-13-26-17-20-30(35(31)32(26)28)24-11-6-3-7-12-24/h2-16,18-20,29,31H,17,21-22H2,1H3,(H,34,36)/t29-,31-/m0/s1. The summed E-state index contributed by atoms with van der Waals surface area (Å²) in [7, 11) is 1.68. The predicted octanol–water partition coefficient (Wildman–Crippen LogP) is 7.21. The number of carbonyl (C=O) groups is 1. The minimum Gasteiger partial charge on any atom is -0.497 e. The number of nitrogens with one attached hydrogen (secondary N) is 1. The van der Waals surface area contributed by atoms with Gasteiger partial charge in [0, 0.05) is 5.70 Å². The Bertz CT molecular complexity index is 1450. The van der Waals surface area contributed by atoms with Crippen LogP contribution in [0.25, 0.3) is 5.70 Å². The van der Waals surface area contributed by atoms with Crippen LogP contribution in [0.1, 0.15) is 46.3 Å². The third-order valence-corrected chi connectivity index (χ3v) is 7.39. The van der Waals surface area contributed by atoms with Crippen LogP contribution in [0.4, 0.5) is 10.5 Å². The van der Waals surface area contributed by atoms with Gasteiger partial charge >= 0.3 is 6.09 Å². The lowest BCUT2D eigenvalue weighted by atomic mass is 9.82. The van der Waals surface area contributed by atoms with Crippen molar-refractivity contribution in [3.8, 4) is 5.75 Å². The molecule has 0 radical (unpaired) electrons. The molecule has 1 amide bonds. The summed E-state index contributed by atoms with van der Waals surface area (Å²) in [6.07, 6.45) is 3.45. The van der Waals surface area contributed by atoms with E-state index >= 15 is 0 Å². The average molecular weight is 503 g/mol. The Morgan fingerprint density at radius 1 is 0.895 bits per heavy atom. The van der Waals surface area contributed by atoms with Crippen LogP contribution in [0, 0.1) is 0 Å². The van der Waals surface area contributed by atoms with Gasteiger partial charge in [-0.1, -0.05) is 97.1 Å². The zero-order chi connectivity index (χ0) is 25.9. The first-order valence-electron chi connectivity index (χ1n) is 13.0. The predicted molar refractivity (Wildman–Crippen MR) is 150 cm³/mol. The molecule has 0 spiro atoms. The number of allylic oxidation sites excluding steroid dienone is 1. The zero-order valence-electron chi connectivity index (χ0n) is 21.3. The molecular formula is C33H30N2O3. The van der Waals surface area contributed by atoms with Crippen molar-refractivity contribution in [3.63, 3.8) is 0 Å². The van der Waals surface area contributed by atoms with E-state index in [-0.39, 0.29) is 18.7 Å². The fourth-order valence-electron chi connectivity index (χ4n) is 5.58. The third-order valence-electron chi connectivity index (χ3n) is 7.39. The number of amides is 1. The van der Waals surface area contributed by atoms with Crippen LogP contribution in [0.2, 0.25) is 0 Å². The van der Waals surface area contributed by atoms with E-state index in [0.29, 0.717) is 6.42 Å². The van der Waals surface area contributed by atoms with Crippen molar-refractivity contribution in [2.75, 3.05) is 12.0 Å². The number of benzene rings is 4. The molecule has 0 saturated heterocycles. The van der Waals surface area contributed by atoms with Crippen molar-refractivity contribution >= 4 is 17.5 Å². The molecule has 2 heterocycles. The molecule has 1 N–H and O–H groups in total. The van der Waals surface area contributed by atoms with Gasteiger partial charge in [-0.25, -0.2) is 4.79 Å². The Morgan fingerprint density at radius 2 is 1.63 bits per heavy atom. The van der Waals surface area contributed by atoms with Gasteiger partial charge in [-0.05, 0) is 52.8 Å². The van der Waals surface area contributed by atoms with Gasteiger partial charge in [0.25, 0.3) is 0 Å². The fourth-order valence-corrected chi connectivity index (χ4v) is 5.58. The summed E-state index contributed by atoms with van der Waals surface area (Å²) in [6, 6.07) is 34.8. The molecule has 2 aliphatic rings. The Kier molecular flexibility index (Phi) is 6.57. The highest BCUT2D eigenvalue weighted by molar-refractivity contribution is 5.87. The lowest BCUT2D eigenvalue weighted by Crippen LogP contribution is -2.41. The van der Waals surface area contributed by atoms with Gasteiger partial charge < -0.3 is 19.7 Å². The first-order valence-corrected chi connectivity index (χ1v) is 13.0. The van der Waals surface area contributed by atoms with Crippen LogP contribution >= 0.6 is 0 Å². The molecule has 0 aliphatic carbocycles. The normalized spacial score (nSPS) is 17.7. The van der Waals surface area contributed by atoms with E-state index in [1.165, 1.54) is 28.1 Å². The van der Waals surface area contributed by atoms with Crippen LogP contribution in [-0.2, 0) is 17.8 Å². The number of anilines is 1. The number of hydrogen-bond acceptors (Lipinski definition) is 4. The lowest BCUT2D eigenvalue weighted by molar-refractivity contribution is 0.134. The maximum absolute atomic E-state index is 13.0. The highest BCUT2D eigenvalue weighted by atomic mass is 16.5. The molecule has 6 rings (SSSR count). The van der Waals surface area contributed by atoms with Gasteiger partial charge in [0.15, 0.2) is 0 Å². The van der Waals surface area contributed by atoms with Crippen LogP contribution in [0.5, 0.6) is 5.75 Å². The summed E-state index contributed by atoms with van der Waals surface area (Å²) in [5.41, 5.74) is 8.05. The first kappa shape index (κ1) is 23.9.